The number of nitrogens with one attached hydrogen (secondary N) is 2. The number of benzene rings is 1. The van der Waals surface area contributed by atoms with Crippen molar-refractivity contribution in [3.05, 3.63) is 66.8 Å². The topological polar surface area (TPSA) is 186 Å². The van der Waals surface area contributed by atoms with Gasteiger partial charge in [0.2, 0.25) is 0 Å². The summed E-state index contributed by atoms with van der Waals surface area (Å²) in [5.74, 6) is -3.16. The van der Waals surface area contributed by atoms with Crippen LogP contribution in [-0.4, -0.2) is 55.8 Å². The van der Waals surface area contributed by atoms with Gasteiger partial charge in [-0.05, 0) is 24.9 Å². The van der Waals surface area contributed by atoms with Gasteiger partial charge in [-0.25, -0.2) is 14.4 Å². The van der Waals surface area contributed by atoms with Crippen LogP contribution in [-0.2, 0) is 30.1 Å². The Hall–Kier alpha value is -4.00. The lowest BCUT2D eigenvalue weighted by Crippen LogP contribution is -2.38. The minimum atomic E-state index is -1.82. The van der Waals surface area contributed by atoms with E-state index in [1.54, 1.807) is 19.2 Å². The first kappa shape index (κ1) is 26.0. The Morgan fingerprint density at radius 3 is 2.12 bits per heavy atom. The summed E-state index contributed by atoms with van der Waals surface area (Å²) >= 11 is 0. The molecular weight excluding hydrogens is 426 g/mol. The molecule has 0 saturated heterocycles. The Kier molecular flexibility index (Phi) is 10.3. The van der Waals surface area contributed by atoms with E-state index in [0.717, 1.165) is 29.5 Å². The highest BCUT2D eigenvalue weighted by atomic mass is 16.6. The summed E-state index contributed by atoms with van der Waals surface area (Å²) < 4.78 is 2.46. The Morgan fingerprint density at radius 2 is 1.59 bits per heavy atom. The summed E-state index contributed by atoms with van der Waals surface area (Å²) in [4.78, 5) is 51.8. The van der Waals surface area contributed by atoms with Gasteiger partial charge in [0, 0.05) is 45.4 Å². The second kappa shape index (κ2) is 12.6. The molecule has 1 aromatic carbocycles. The lowest BCUT2D eigenvalue weighted by Gasteiger charge is -2.12. The molecule has 2 aromatic rings. The highest BCUT2D eigenvalue weighted by Gasteiger charge is 2.06. The van der Waals surface area contributed by atoms with Crippen molar-refractivity contribution in [2.75, 3.05) is 25.0 Å². The van der Waals surface area contributed by atoms with E-state index in [1.165, 1.54) is 29.8 Å². The summed E-state index contributed by atoms with van der Waals surface area (Å²) in [7, 11) is 3.06. The smallest absolute Gasteiger partial charge is 0.414 e. The average Bonchev–Trinajstić information content (AvgIpc) is 2.75. The van der Waals surface area contributed by atoms with Crippen molar-refractivity contribution in [1.82, 2.24) is 14.5 Å². The number of carboxylic acids is 2. The first-order valence-electron chi connectivity index (χ1n) is 9.45. The Balaban J connectivity index is 0.000000751. The number of rotatable bonds is 9. The van der Waals surface area contributed by atoms with E-state index in [0.29, 0.717) is 18.9 Å². The number of aliphatic carboxylic acids is 2. The number of aryl methyl sites for hydroxylation is 1. The van der Waals surface area contributed by atoms with Crippen LogP contribution in [0.2, 0.25) is 0 Å². The fourth-order valence-corrected chi connectivity index (χ4v) is 2.51. The van der Waals surface area contributed by atoms with Crippen LogP contribution < -0.4 is 21.9 Å². The van der Waals surface area contributed by atoms with Gasteiger partial charge in [0.05, 0.1) is 4.92 Å². The van der Waals surface area contributed by atoms with Crippen LogP contribution in [0.4, 0.5) is 11.5 Å². The maximum atomic E-state index is 11.8. The van der Waals surface area contributed by atoms with Crippen molar-refractivity contribution < 1.29 is 24.7 Å². The highest BCUT2D eigenvalue weighted by molar-refractivity contribution is 6.27. The number of hydrogen-bond donors (Lipinski definition) is 4. The van der Waals surface area contributed by atoms with Crippen molar-refractivity contribution in [2.24, 2.45) is 14.1 Å². The molecule has 0 fully saturated rings. The zero-order valence-corrected chi connectivity index (χ0v) is 17.6. The third-order valence-electron chi connectivity index (χ3n) is 4.28. The van der Waals surface area contributed by atoms with Crippen LogP contribution in [0, 0.1) is 10.1 Å². The van der Waals surface area contributed by atoms with Crippen LogP contribution in [0.25, 0.3) is 0 Å². The third-order valence-corrected chi connectivity index (χ3v) is 4.28. The first-order chi connectivity index (χ1) is 15.0. The van der Waals surface area contributed by atoms with E-state index in [9.17, 15) is 19.7 Å². The number of aromatic nitrogens is 2. The Morgan fingerprint density at radius 1 is 1.00 bits per heavy atom. The van der Waals surface area contributed by atoms with Crippen molar-refractivity contribution in [3.63, 3.8) is 0 Å². The van der Waals surface area contributed by atoms with Gasteiger partial charge in [0.1, 0.15) is 5.82 Å². The molecule has 13 heteroatoms. The van der Waals surface area contributed by atoms with Crippen LogP contribution in [0.5, 0.6) is 0 Å². The lowest BCUT2D eigenvalue weighted by molar-refractivity contribution is -0.384. The standard InChI is InChI=1S/C17H23N5O4.C2H2O4/c1-20-15(12-16(23)21(2)17(20)24)19-11-10-18-9-3-4-13-5-7-14(8-6-13)22(25)26;3-1(4)2(5)6/h5-8,12,18-19H,3-4,9-11H2,1-2H3;(H,3,4)(H,5,6). The predicted molar refractivity (Wildman–Crippen MR) is 115 cm³/mol. The molecule has 13 nitrogen and oxygen atoms in total. The number of nitro groups is 1. The molecule has 0 aliphatic rings. The molecular formula is C19H25N5O8. The minimum absolute atomic E-state index is 0.100. The van der Waals surface area contributed by atoms with E-state index in [4.69, 9.17) is 19.8 Å². The van der Waals surface area contributed by atoms with Crippen LogP contribution in [0.15, 0.2) is 39.9 Å². The number of nitrogens with zero attached hydrogens (tertiary/aromatic N) is 3. The SMILES string of the molecule is Cn1c(NCCNCCCc2ccc([N+](=O)[O-])cc2)cc(=O)n(C)c1=O.O=C(O)C(=O)O. The van der Waals surface area contributed by atoms with E-state index >= 15 is 0 Å². The number of carboxylic acid groups (broad SMARTS) is 2. The minimum Gasteiger partial charge on any atom is -0.473 e. The molecule has 1 heterocycles. The second-order valence-electron chi connectivity index (χ2n) is 6.58. The number of non-ortho nitro benzene ring substituents is 1. The van der Waals surface area contributed by atoms with Gasteiger partial charge in [0.15, 0.2) is 0 Å². The molecule has 1 aromatic heterocycles. The molecule has 0 aliphatic heterocycles. The average molecular weight is 451 g/mol. The molecule has 32 heavy (non-hydrogen) atoms. The fourth-order valence-electron chi connectivity index (χ4n) is 2.51. The van der Waals surface area contributed by atoms with Crippen molar-refractivity contribution in [3.8, 4) is 0 Å². The van der Waals surface area contributed by atoms with Gasteiger partial charge in [0.25, 0.3) is 11.2 Å². The summed E-state index contributed by atoms with van der Waals surface area (Å²) in [6.45, 7) is 2.07. The number of nitro benzene ring substituents is 1. The van der Waals surface area contributed by atoms with Gasteiger partial charge >= 0.3 is 17.6 Å². The summed E-state index contributed by atoms with van der Waals surface area (Å²) in [5.41, 5.74) is 0.455. The highest BCUT2D eigenvalue weighted by Crippen LogP contribution is 2.12. The normalized spacial score (nSPS) is 10.1. The lowest BCUT2D eigenvalue weighted by atomic mass is 10.1. The molecule has 0 amide bonds. The monoisotopic (exact) mass is 451 g/mol. The molecule has 0 saturated carbocycles. The molecule has 0 radical (unpaired) electrons. The van der Waals surface area contributed by atoms with Gasteiger partial charge in [-0.1, -0.05) is 12.1 Å². The van der Waals surface area contributed by atoms with E-state index < -0.39 is 16.9 Å². The number of anilines is 1. The van der Waals surface area contributed by atoms with Crippen molar-refractivity contribution in [2.45, 2.75) is 12.8 Å². The molecule has 2 rings (SSSR count). The largest absolute Gasteiger partial charge is 0.473 e. The van der Waals surface area contributed by atoms with Crippen LogP contribution in [0.1, 0.15) is 12.0 Å². The predicted octanol–water partition coefficient (Wildman–Crippen LogP) is -0.218. The van der Waals surface area contributed by atoms with Crippen molar-refractivity contribution >= 4 is 23.4 Å². The van der Waals surface area contributed by atoms with Gasteiger partial charge < -0.3 is 20.8 Å². The quantitative estimate of drug-likeness (QED) is 0.172. The van der Waals surface area contributed by atoms with Crippen LogP contribution in [0.3, 0.4) is 0 Å². The molecule has 4 N–H and O–H groups in total. The third kappa shape index (κ3) is 8.39. The van der Waals surface area contributed by atoms with Crippen molar-refractivity contribution in [1.29, 1.82) is 0 Å². The Bertz CT molecular complexity index is 1050. The zero-order chi connectivity index (χ0) is 24.3. The van der Waals surface area contributed by atoms with Gasteiger partial charge in [-0.15, -0.1) is 0 Å². The summed E-state index contributed by atoms with van der Waals surface area (Å²) in [6.07, 6.45) is 1.74. The second-order valence-corrected chi connectivity index (χ2v) is 6.58. The van der Waals surface area contributed by atoms with E-state index in [2.05, 4.69) is 10.6 Å². The first-order valence-corrected chi connectivity index (χ1v) is 9.45. The van der Waals surface area contributed by atoms with Gasteiger partial charge in [-0.2, -0.15) is 0 Å². The fraction of sp³-hybridized carbons (Fsp3) is 0.368. The van der Waals surface area contributed by atoms with Crippen LogP contribution >= 0.6 is 0 Å². The maximum absolute atomic E-state index is 11.8. The van der Waals surface area contributed by atoms with Gasteiger partial charge in [-0.3, -0.25) is 24.0 Å². The Labute approximate surface area is 182 Å². The molecule has 0 unspecified atom stereocenters. The zero-order valence-electron chi connectivity index (χ0n) is 17.6. The summed E-state index contributed by atoms with van der Waals surface area (Å²) in [5, 5.41) is 31.7. The number of hydrogen-bond acceptors (Lipinski definition) is 8. The maximum Gasteiger partial charge on any atom is 0.414 e. The molecule has 0 spiro atoms. The molecule has 0 atom stereocenters. The van der Waals surface area contributed by atoms with E-state index in [1.807, 2.05) is 0 Å². The molecule has 0 bridgehead atoms. The molecule has 174 valence electrons. The number of carbonyl (C=O) groups is 2. The van der Waals surface area contributed by atoms with E-state index in [-0.39, 0.29) is 16.9 Å². The summed E-state index contributed by atoms with van der Waals surface area (Å²) in [6, 6.07) is 7.98. The molecule has 0 aliphatic carbocycles.